The number of nitriles is 1. The van der Waals surface area contributed by atoms with Gasteiger partial charge in [-0.3, -0.25) is 5.10 Å². The molecular weight excluding hydrogens is 257 g/mol. The maximum absolute atomic E-state index is 13.8. The average Bonchev–Trinajstić information content (AvgIpc) is 2.88. The number of anilines is 3. The molecule has 0 aliphatic heterocycles. The highest BCUT2D eigenvalue weighted by Crippen LogP contribution is 2.29. The summed E-state index contributed by atoms with van der Waals surface area (Å²) in [5.74, 6) is -0.506. The van der Waals surface area contributed by atoms with Gasteiger partial charge in [0.2, 0.25) is 0 Å². The first-order valence-electron chi connectivity index (χ1n) is 5.86. The second-order valence-electron chi connectivity index (χ2n) is 4.33. The SMILES string of the molecule is N#Cc1ccc(Nc2cc3[nH]ncc3cc2N)c(F)c1. The van der Waals surface area contributed by atoms with Crippen LogP contribution in [0.25, 0.3) is 10.9 Å². The Morgan fingerprint density at radius 2 is 2.10 bits per heavy atom. The van der Waals surface area contributed by atoms with E-state index in [9.17, 15) is 4.39 Å². The zero-order valence-electron chi connectivity index (χ0n) is 10.3. The number of H-pyrrole nitrogens is 1. The predicted molar refractivity (Wildman–Crippen MR) is 74.9 cm³/mol. The number of nitrogens with two attached hydrogens (primary N) is 1. The van der Waals surface area contributed by atoms with Gasteiger partial charge in [0.05, 0.1) is 40.4 Å². The lowest BCUT2D eigenvalue weighted by atomic mass is 10.1. The number of hydrogen-bond acceptors (Lipinski definition) is 4. The fourth-order valence-corrected chi connectivity index (χ4v) is 1.95. The number of aromatic amines is 1. The zero-order valence-corrected chi connectivity index (χ0v) is 10.3. The number of benzene rings is 2. The van der Waals surface area contributed by atoms with E-state index in [4.69, 9.17) is 11.0 Å². The third-order valence-corrected chi connectivity index (χ3v) is 2.98. The normalized spacial score (nSPS) is 10.4. The second-order valence-corrected chi connectivity index (χ2v) is 4.33. The number of fused-ring (bicyclic) bond motifs is 1. The standard InChI is InChI=1S/C14H10FN5/c15-10-3-8(6-16)1-2-12(10)19-14-5-13-9(4-11(14)17)7-18-20-13/h1-5,7,19H,17H2,(H,18,20). The highest BCUT2D eigenvalue weighted by Gasteiger charge is 2.08. The van der Waals surface area contributed by atoms with Crippen molar-refractivity contribution in [3.05, 3.63) is 47.9 Å². The molecule has 1 aromatic heterocycles. The minimum absolute atomic E-state index is 0.259. The molecule has 3 aromatic rings. The van der Waals surface area contributed by atoms with Gasteiger partial charge in [-0.25, -0.2) is 4.39 Å². The van der Waals surface area contributed by atoms with E-state index < -0.39 is 5.82 Å². The molecule has 98 valence electrons. The Hall–Kier alpha value is -3.07. The topological polar surface area (TPSA) is 90.5 Å². The summed E-state index contributed by atoms with van der Waals surface area (Å²) in [5.41, 5.74) is 8.31. The summed E-state index contributed by atoms with van der Waals surface area (Å²) in [6.07, 6.45) is 1.66. The lowest BCUT2D eigenvalue weighted by Gasteiger charge is -2.10. The van der Waals surface area contributed by atoms with Gasteiger partial charge < -0.3 is 11.1 Å². The minimum Gasteiger partial charge on any atom is -0.397 e. The number of nitrogens with zero attached hydrogens (tertiary/aromatic N) is 2. The molecule has 5 nitrogen and oxygen atoms in total. The molecule has 0 radical (unpaired) electrons. The predicted octanol–water partition coefficient (Wildman–Crippen LogP) is 2.90. The molecule has 0 saturated heterocycles. The lowest BCUT2D eigenvalue weighted by molar-refractivity contribution is 0.631. The van der Waals surface area contributed by atoms with Crippen LogP contribution >= 0.6 is 0 Å². The van der Waals surface area contributed by atoms with Crippen molar-refractivity contribution >= 4 is 28.0 Å². The average molecular weight is 267 g/mol. The Morgan fingerprint density at radius 3 is 2.85 bits per heavy atom. The van der Waals surface area contributed by atoms with Gasteiger partial charge in [0.15, 0.2) is 0 Å². The lowest BCUT2D eigenvalue weighted by Crippen LogP contribution is -1.98. The molecule has 20 heavy (non-hydrogen) atoms. The van der Waals surface area contributed by atoms with Crippen molar-refractivity contribution in [3.63, 3.8) is 0 Å². The number of halogens is 1. The summed E-state index contributed by atoms with van der Waals surface area (Å²) in [6.45, 7) is 0. The van der Waals surface area contributed by atoms with Gasteiger partial charge in [-0.15, -0.1) is 0 Å². The van der Waals surface area contributed by atoms with Gasteiger partial charge in [0.1, 0.15) is 5.82 Å². The van der Waals surface area contributed by atoms with Crippen LogP contribution in [0.4, 0.5) is 21.5 Å². The van der Waals surface area contributed by atoms with Gasteiger partial charge >= 0.3 is 0 Å². The Bertz CT molecular complexity index is 831. The molecule has 1 heterocycles. The fourth-order valence-electron chi connectivity index (χ4n) is 1.95. The summed E-state index contributed by atoms with van der Waals surface area (Å²) >= 11 is 0. The van der Waals surface area contributed by atoms with Crippen LogP contribution in [0.1, 0.15) is 5.56 Å². The van der Waals surface area contributed by atoms with Crippen molar-refractivity contribution in [1.82, 2.24) is 10.2 Å². The third-order valence-electron chi connectivity index (χ3n) is 2.98. The molecule has 0 bridgehead atoms. The molecule has 0 spiro atoms. The molecule has 0 aliphatic carbocycles. The van der Waals surface area contributed by atoms with Crippen molar-refractivity contribution in [2.24, 2.45) is 0 Å². The van der Waals surface area contributed by atoms with E-state index in [2.05, 4.69) is 15.5 Å². The molecular formula is C14H10FN5. The van der Waals surface area contributed by atoms with E-state index in [0.717, 1.165) is 10.9 Å². The molecule has 0 fully saturated rings. The molecule has 0 unspecified atom stereocenters. The van der Waals surface area contributed by atoms with Gasteiger partial charge in [-0.2, -0.15) is 10.4 Å². The van der Waals surface area contributed by atoms with E-state index >= 15 is 0 Å². The quantitative estimate of drug-likeness (QED) is 0.623. The summed E-state index contributed by atoms with van der Waals surface area (Å²) < 4.78 is 13.8. The highest BCUT2D eigenvalue weighted by atomic mass is 19.1. The molecule has 0 aliphatic rings. The van der Waals surface area contributed by atoms with Crippen LogP contribution in [0.5, 0.6) is 0 Å². The number of nitrogen functional groups attached to an aromatic ring is 1. The molecule has 0 amide bonds. The maximum Gasteiger partial charge on any atom is 0.147 e. The first-order chi connectivity index (χ1) is 9.67. The van der Waals surface area contributed by atoms with E-state index in [0.29, 0.717) is 11.4 Å². The third kappa shape index (κ3) is 2.01. The zero-order chi connectivity index (χ0) is 14.1. The van der Waals surface area contributed by atoms with Crippen molar-refractivity contribution in [3.8, 4) is 6.07 Å². The van der Waals surface area contributed by atoms with Crippen molar-refractivity contribution in [1.29, 1.82) is 5.26 Å². The van der Waals surface area contributed by atoms with Gasteiger partial charge in [-0.05, 0) is 30.3 Å². The Labute approximate surface area is 113 Å². The number of nitrogens with one attached hydrogen (secondary N) is 2. The molecule has 4 N–H and O–H groups in total. The highest BCUT2D eigenvalue weighted by molar-refractivity contribution is 5.89. The molecule has 0 saturated carbocycles. The fraction of sp³-hybridized carbons (Fsp3) is 0. The van der Waals surface area contributed by atoms with Gasteiger partial charge in [-0.1, -0.05) is 0 Å². The summed E-state index contributed by atoms with van der Waals surface area (Å²) in [6, 6.07) is 9.61. The van der Waals surface area contributed by atoms with Gasteiger partial charge in [0.25, 0.3) is 0 Å². The van der Waals surface area contributed by atoms with E-state index in [1.54, 1.807) is 18.3 Å². The largest absolute Gasteiger partial charge is 0.397 e. The first kappa shape index (κ1) is 12.0. The number of aromatic nitrogens is 2. The minimum atomic E-state index is -0.506. The second kappa shape index (κ2) is 4.55. The Kier molecular flexibility index (Phi) is 2.73. The molecule has 3 rings (SSSR count). The van der Waals surface area contributed by atoms with Gasteiger partial charge in [0, 0.05) is 5.39 Å². The summed E-state index contributed by atoms with van der Waals surface area (Å²) in [4.78, 5) is 0. The van der Waals surface area contributed by atoms with Crippen molar-refractivity contribution in [2.75, 3.05) is 11.1 Å². The summed E-state index contributed by atoms with van der Waals surface area (Å²) in [7, 11) is 0. The van der Waals surface area contributed by atoms with E-state index in [-0.39, 0.29) is 11.3 Å². The van der Waals surface area contributed by atoms with Crippen LogP contribution < -0.4 is 11.1 Å². The molecule has 2 aromatic carbocycles. The monoisotopic (exact) mass is 267 g/mol. The summed E-state index contributed by atoms with van der Waals surface area (Å²) in [5, 5.41) is 19.2. The van der Waals surface area contributed by atoms with Crippen molar-refractivity contribution in [2.45, 2.75) is 0 Å². The Morgan fingerprint density at radius 1 is 1.25 bits per heavy atom. The smallest absolute Gasteiger partial charge is 0.147 e. The molecule has 0 atom stereocenters. The van der Waals surface area contributed by atoms with Crippen LogP contribution in [0.2, 0.25) is 0 Å². The van der Waals surface area contributed by atoms with Crippen LogP contribution in [-0.4, -0.2) is 10.2 Å². The van der Waals surface area contributed by atoms with E-state index in [1.165, 1.54) is 18.2 Å². The number of hydrogen-bond donors (Lipinski definition) is 3. The maximum atomic E-state index is 13.8. The molecule has 6 heteroatoms. The first-order valence-corrected chi connectivity index (χ1v) is 5.86. The van der Waals surface area contributed by atoms with Crippen molar-refractivity contribution < 1.29 is 4.39 Å². The van der Waals surface area contributed by atoms with Crippen LogP contribution in [-0.2, 0) is 0 Å². The van der Waals surface area contributed by atoms with E-state index in [1.807, 2.05) is 6.07 Å². The van der Waals surface area contributed by atoms with Crippen LogP contribution in [0.3, 0.4) is 0 Å². The number of rotatable bonds is 2. The van der Waals surface area contributed by atoms with Crippen LogP contribution in [0.15, 0.2) is 36.5 Å². The Balaban J connectivity index is 2.00. The van der Waals surface area contributed by atoms with Crippen LogP contribution in [0, 0.1) is 17.1 Å².